The lowest BCUT2D eigenvalue weighted by Crippen LogP contribution is -1.94. The molecule has 0 saturated heterocycles. The molecular weight excluding hydrogens is 284 g/mol. The fourth-order valence-electron chi connectivity index (χ4n) is 1.93. The number of fused-ring (bicyclic) bond motifs is 1. The second kappa shape index (κ2) is 6.02. The molecule has 2 N–H and O–H groups in total. The number of nitrogens with one attached hydrogen (secondary N) is 1. The predicted molar refractivity (Wildman–Crippen MR) is 76.5 cm³/mol. The van der Waals surface area contributed by atoms with Crippen molar-refractivity contribution in [2.24, 2.45) is 0 Å². The molecule has 7 nitrogen and oxygen atoms in total. The highest BCUT2D eigenvalue weighted by atomic mass is 32.2. The maximum atomic E-state index is 10.8. The summed E-state index contributed by atoms with van der Waals surface area (Å²) in [5.74, 6) is 0. The highest BCUT2D eigenvalue weighted by Gasteiger charge is 2.15. The number of aromatic amines is 1. The maximum Gasteiger partial charge on any atom is 0.273 e. The van der Waals surface area contributed by atoms with E-state index in [0.717, 1.165) is 22.2 Å². The first-order chi connectivity index (χ1) is 9.13. The molecule has 2 rings (SSSR count). The first-order valence-corrected chi connectivity index (χ1v) is 7.66. The van der Waals surface area contributed by atoms with Crippen molar-refractivity contribution in [3.05, 3.63) is 39.6 Å². The highest BCUT2D eigenvalue weighted by molar-refractivity contribution is 7.85. The molecule has 0 unspecified atom stereocenters. The van der Waals surface area contributed by atoms with Crippen molar-refractivity contribution in [2.75, 3.05) is 6.26 Å². The van der Waals surface area contributed by atoms with Crippen LogP contribution in [0.5, 0.6) is 0 Å². The van der Waals surface area contributed by atoms with Crippen LogP contribution in [0.3, 0.4) is 0 Å². The number of nitro benzene ring substituents is 1. The summed E-state index contributed by atoms with van der Waals surface area (Å²) in [7, 11) is -3.67. The van der Waals surface area contributed by atoms with Crippen LogP contribution >= 0.6 is 0 Å². The van der Waals surface area contributed by atoms with Crippen LogP contribution in [0.4, 0.5) is 5.69 Å². The minimum absolute atomic E-state index is 0.212. The maximum absolute atomic E-state index is 10.8. The van der Waals surface area contributed by atoms with Crippen molar-refractivity contribution in [3.8, 4) is 0 Å². The average molecular weight is 300 g/mol. The number of aryl methyl sites for hydroxylation is 2. The van der Waals surface area contributed by atoms with Gasteiger partial charge in [-0.25, -0.2) is 0 Å². The molecule has 0 amide bonds. The summed E-state index contributed by atoms with van der Waals surface area (Å²) in [4.78, 5) is 13.7. The van der Waals surface area contributed by atoms with E-state index in [2.05, 4.69) is 4.98 Å². The molecule has 1 aromatic carbocycles. The summed E-state index contributed by atoms with van der Waals surface area (Å²) < 4.78 is 25.9. The predicted octanol–water partition coefficient (Wildman–Crippen LogP) is 2.45. The summed E-state index contributed by atoms with van der Waals surface area (Å²) in [5.41, 5.74) is 3.01. The average Bonchev–Trinajstić information content (AvgIpc) is 2.65. The van der Waals surface area contributed by atoms with E-state index in [1.165, 1.54) is 0 Å². The van der Waals surface area contributed by atoms with Gasteiger partial charge in [0.2, 0.25) is 0 Å². The van der Waals surface area contributed by atoms with E-state index in [9.17, 15) is 18.5 Å². The molecule has 0 aliphatic heterocycles. The normalized spacial score (nSPS) is 11.0. The molecule has 0 atom stereocenters. The lowest BCUT2D eigenvalue weighted by molar-refractivity contribution is -0.385. The molecule has 0 fully saturated rings. The Morgan fingerprint density at radius 1 is 1.40 bits per heavy atom. The summed E-state index contributed by atoms with van der Waals surface area (Å²) in [5, 5.41) is 11.8. The van der Waals surface area contributed by atoms with E-state index in [0.29, 0.717) is 12.7 Å². The van der Waals surface area contributed by atoms with Gasteiger partial charge in [0.1, 0.15) is 0 Å². The molecule has 0 spiro atoms. The number of nitrogens with zero attached hydrogens (tertiary/aromatic N) is 1. The third-order valence-corrected chi connectivity index (χ3v) is 2.58. The molecule has 20 heavy (non-hydrogen) atoms. The zero-order valence-electron chi connectivity index (χ0n) is 11.4. The Bertz CT molecular complexity index is 726. The number of aromatic nitrogens is 1. The summed E-state index contributed by atoms with van der Waals surface area (Å²) in [6.07, 6.45) is 1.39. The Morgan fingerprint density at radius 3 is 2.40 bits per heavy atom. The van der Waals surface area contributed by atoms with E-state index >= 15 is 0 Å². The van der Waals surface area contributed by atoms with Crippen molar-refractivity contribution < 1.29 is 17.9 Å². The van der Waals surface area contributed by atoms with Crippen LogP contribution in [0, 0.1) is 17.0 Å². The largest absolute Gasteiger partial charge is 0.359 e. The lowest BCUT2D eigenvalue weighted by atomic mass is 10.1. The van der Waals surface area contributed by atoms with Gasteiger partial charge >= 0.3 is 0 Å². The number of H-pyrrole nitrogens is 1. The van der Waals surface area contributed by atoms with Gasteiger partial charge in [0.05, 0.1) is 11.2 Å². The van der Waals surface area contributed by atoms with E-state index < -0.39 is 10.1 Å². The quantitative estimate of drug-likeness (QED) is 0.502. The zero-order valence-corrected chi connectivity index (χ0v) is 12.2. The fourth-order valence-corrected chi connectivity index (χ4v) is 1.93. The Balaban J connectivity index is 0.000000347. The molecule has 8 heteroatoms. The molecule has 2 aromatic rings. The second-order valence-corrected chi connectivity index (χ2v) is 5.79. The van der Waals surface area contributed by atoms with Crippen LogP contribution in [0.15, 0.2) is 18.2 Å². The van der Waals surface area contributed by atoms with Gasteiger partial charge in [0.25, 0.3) is 15.8 Å². The van der Waals surface area contributed by atoms with Crippen molar-refractivity contribution in [1.29, 1.82) is 0 Å². The minimum atomic E-state index is -3.67. The van der Waals surface area contributed by atoms with Crippen molar-refractivity contribution in [3.63, 3.8) is 0 Å². The SMILES string of the molecule is CCc1c([N+](=O)[O-])ccc2[nH]c(C)cc12.CS(=O)(=O)O. The Hall–Kier alpha value is -1.93. The summed E-state index contributed by atoms with van der Waals surface area (Å²) >= 11 is 0. The van der Waals surface area contributed by atoms with Crippen molar-refractivity contribution >= 4 is 26.7 Å². The third kappa shape index (κ3) is 4.32. The van der Waals surface area contributed by atoms with Gasteiger partial charge in [0, 0.05) is 28.2 Å². The minimum Gasteiger partial charge on any atom is -0.359 e. The zero-order chi connectivity index (χ0) is 15.5. The van der Waals surface area contributed by atoms with E-state index in [1.807, 2.05) is 19.9 Å². The molecule has 0 saturated carbocycles. The topological polar surface area (TPSA) is 113 Å². The Labute approximate surface area is 116 Å². The van der Waals surface area contributed by atoms with Gasteiger partial charge < -0.3 is 4.98 Å². The van der Waals surface area contributed by atoms with Crippen LogP contribution in [-0.4, -0.2) is 29.1 Å². The second-order valence-electron chi connectivity index (χ2n) is 4.32. The summed E-state index contributed by atoms with van der Waals surface area (Å²) in [6.45, 7) is 3.88. The van der Waals surface area contributed by atoms with E-state index in [1.54, 1.807) is 12.1 Å². The van der Waals surface area contributed by atoms with Crippen LogP contribution in [-0.2, 0) is 16.5 Å². The molecular formula is C12H16N2O5S. The molecule has 1 heterocycles. The van der Waals surface area contributed by atoms with Gasteiger partial charge in [-0.1, -0.05) is 6.92 Å². The van der Waals surface area contributed by atoms with Gasteiger partial charge in [-0.15, -0.1) is 0 Å². The van der Waals surface area contributed by atoms with Gasteiger partial charge in [-0.05, 0) is 25.5 Å². The highest BCUT2D eigenvalue weighted by Crippen LogP contribution is 2.28. The number of benzene rings is 1. The number of rotatable bonds is 2. The van der Waals surface area contributed by atoms with E-state index in [-0.39, 0.29) is 10.6 Å². The van der Waals surface area contributed by atoms with Crippen LogP contribution < -0.4 is 0 Å². The molecule has 110 valence electrons. The smallest absolute Gasteiger partial charge is 0.273 e. The first-order valence-electron chi connectivity index (χ1n) is 5.81. The van der Waals surface area contributed by atoms with Gasteiger partial charge in [-0.2, -0.15) is 8.42 Å². The number of nitro groups is 1. The standard InChI is InChI=1S/C11H12N2O2.CH4O3S/c1-3-8-9-6-7(2)12-10(9)4-5-11(8)13(14)15;1-5(2,3)4/h4-6,12H,3H2,1-2H3;1H3,(H,2,3,4). The van der Waals surface area contributed by atoms with Crippen molar-refractivity contribution in [1.82, 2.24) is 4.98 Å². The monoisotopic (exact) mass is 300 g/mol. The first kappa shape index (κ1) is 16.1. The molecule has 1 aromatic heterocycles. The Morgan fingerprint density at radius 2 is 1.95 bits per heavy atom. The summed E-state index contributed by atoms with van der Waals surface area (Å²) in [6, 6.07) is 5.29. The fraction of sp³-hybridized carbons (Fsp3) is 0.333. The Kier molecular flexibility index (Phi) is 4.85. The third-order valence-electron chi connectivity index (χ3n) is 2.58. The van der Waals surface area contributed by atoms with E-state index in [4.69, 9.17) is 4.55 Å². The number of hydrogen-bond donors (Lipinski definition) is 2. The van der Waals surface area contributed by atoms with Crippen LogP contribution in [0.25, 0.3) is 10.9 Å². The van der Waals surface area contributed by atoms with Gasteiger partial charge in [-0.3, -0.25) is 14.7 Å². The molecule has 0 aliphatic carbocycles. The molecule has 0 bridgehead atoms. The van der Waals surface area contributed by atoms with Crippen molar-refractivity contribution in [2.45, 2.75) is 20.3 Å². The van der Waals surface area contributed by atoms with Crippen LogP contribution in [0.1, 0.15) is 18.2 Å². The van der Waals surface area contributed by atoms with Crippen LogP contribution in [0.2, 0.25) is 0 Å². The number of hydrogen-bond acceptors (Lipinski definition) is 4. The molecule has 0 radical (unpaired) electrons. The van der Waals surface area contributed by atoms with Gasteiger partial charge in [0.15, 0.2) is 0 Å². The molecule has 0 aliphatic rings. The lowest BCUT2D eigenvalue weighted by Gasteiger charge is -2.00.